The van der Waals surface area contributed by atoms with E-state index in [1.807, 2.05) is 32.0 Å². The molecule has 1 atom stereocenters. The molecule has 1 fully saturated rings. The maximum atomic E-state index is 12.1. The number of aliphatic hydroxyl groups excluding tert-OH is 1. The van der Waals surface area contributed by atoms with E-state index in [1.54, 1.807) is 4.90 Å². The van der Waals surface area contributed by atoms with Crippen molar-refractivity contribution in [2.45, 2.75) is 32.8 Å². The maximum Gasteiger partial charge on any atom is 0.241 e. The summed E-state index contributed by atoms with van der Waals surface area (Å²) in [5, 5.41) is 12.8. The van der Waals surface area contributed by atoms with Gasteiger partial charge < -0.3 is 15.3 Å². The van der Waals surface area contributed by atoms with Gasteiger partial charge >= 0.3 is 0 Å². The van der Waals surface area contributed by atoms with Crippen molar-refractivity contribution in [2.75, 3.05) is 25.0 Å². The number of benzene rings is 1. The van der Waals surface area contributed by atoms with Crippen LogP contribution in [-0.2, 0) is 4.79 Å². The second-order valence-corrected chi connectivity index (χ2v) is 5.26. The van der Waals surface area contributed by atoms with Crippen molar-refractivity contribution in [1.29, 1.82) is 0 Å². The van der Waals surface area contributed by atoms with Crippen molar-refractivity contribution in [1.82, 2.24) is 4.90 Å². The number of anilines is 1. The number of aliphatic hydroxyl groups is 1. The number of para-hydroxylation sites is 1. The van der Waals surface area contributed by atoms with Crippen LogP contribution in [0.4, 0.5) is 5.69 Å². The van der Waals surface area contributed by atoms with Crippen LogP contribution in [0.2, 0.25) is 0 Å². The topological polar surface area (TPSA) is 52.6 Å². The average molecular weight is 262 g/mol. The molecule has 0 aromatic heterocycles. The molecule has 1 aromatic carbocycles. The lowest BCUT2D eigenvalue weighted by Crippen LogP contribution is -2.44. The zero-order chi connectivity index (χ0) is 13.8. The molecular weight excluding hydrogens is 240 g/mol. The lowest BCUT2D eigenvalue weighted by molar-refractivity contribution is -0.132. The number of piperidine rings is 1. The Labute approximate surface area is 114 Å². The molecule has 1 aliphatic rings. The van der Waals surface area contributed by atoms with E-state index >= 15 is 0 Å². The number of carbonyl (C=O) groups is 1. The fraction of sp³-hybridized carbons (Fsp3) is 0.533. The van der Waals surface area contributed by atoms with Crippen molar-refractivity contribution in [2.24, 2.45) is 0 Å². The largest absolute Gasteiger partial charge is 0.391 e. The summed E-state index contributed by atoms with van der Waals surface area (Å²) in [6, 6.07) is 6.08. The van der Waals surface area contributed by atoms with Crippen LogP contribution in [0.5, 0.6) is 0 Å². The highest BCUT2D eigenvalue weighted by Gasteiger charge is 2.21. The molecule has 1 aromatic rings. The molecule has 1 saturated heterocycles. The third-order valence-corrected chi connectivity index (χ3v) is 3.65. The van der Waals surface area contributed by atoms with Crippen molar-refractivity contribution < 1.29 is 9.90 Å². The smallest absolute Gasteiger partial charge is 0.241 e. The summed E-state index contributed by atoms with van der Waals surface area (Å²) in [5.41, 5.74) is 3.33. The average Bonchev–Trinajstić information content (AvgIpc) is 2.38. The Morgan fingerprint density at radius 1 is 1.42 bits per heavy atom. The molecule has 0 radical (unpaired) electrons. The van der Waals surface area contributed by atoms with Gasteiger partial charge in [-0.15, -0.1) is 0 Å². The summed E-state index contributed by atoms with van der Waals surface area (Å²) < 4.78 is 0. The van der Waals surface area contributed by atoms with Crippen LogP contribution < -0.4 is 5.32 Å². The summed E-state index contributed by atoms with van der Waals surface area (Å²) in [6.45, 7) is 5.57. The standard InChI is InChI=1S/C15H22N2O2/c1-11-5-3-6-12(2)15(11)16-9-14(19)17-8-4-7-13(18)10-17/h3,5-6,13,16,18H,4,7-10H2,1-2H3. The molecule has 1 unspecified atom stereocenters. The quantitative estimate of drug-likeness (QED) is 0.871. The van der Waals surface area contributed by atoms with E-state index in [-0.39, 0.29) is 12.0 Å². The van der Waals surface area contributed by atoms with E-state index in [2.05, 4.69) is 5.32 Å². The molecule has 0 bridgehead atoms. The van der Waals surface area contributed by atoms with Crippen molar-refractivity contribution in [3.8, 4) is 0 Å². The molecule has 4 heteroatoms. The molecule has 0 spiro atoms. The van der Waals surface area contributed by atoms with E-state index in [0.717, 1.165) is 36.2 Å². The Morgan fingerprint density at radius 3 is 2.74 bits per heavy atom. The predicted molar refractivity (Wildman–Crippen MR) is 76.2 cm³/mol. The predicted octanol–water partition coefficient (Wildman–Crippen LogP) is 1.70. The molecule has 4 nitrogen and oxygen atoms in total. The van der Waals surface area contributed by atoms with Crippen LogP contribution in [-0.4, -0.2) is 41.7 Å². The molecule has 0 saturated carbocycles. The number of carbonyl (C=O) groups excluding carboxylic acids is 1. The summed E-state index contributed by atoms with van der Waals surface area (Å²) in [4.78, 5) is 13.8. The molecule has 2 rings (SSSR count). The van der Waals surface area contributed by atoms with Crippen molar-refractivity contribution in [3.63, 3.8) is 0 Å². The lowest BCUT2D eigenvalue weighted by Gasteiger charge is -2.30. The normalized spacial score (nSPS) is 19.3. The minimum Gasteiger partial charge on any atom is -0.391 e. The number of nitrogens with zero attached hydrogens (tertiary/aromatic N) is 1. The number of nitrogens with one attached hydrogen (secondary N) is 1. The molecule has 104 valence electrons. The number of hydrogen-bond donors (Lipinski definition) is 2. The van der Waals surface area contributed by atoms with Crippen LogP contribution in [0, 0.1) is 13.8 Å². The number of rotatable bonds is 3. The summed E-state index contributed by atoms with van der Waals surface area (Å²) in [6.07, 6.45) is 1.32. The van der Waals surface area contributed by atoms with Crippen LogP contribution in [0.25, 0.3) is 0 Å². The Morgan fingerprint density at radius 2 is 2.11 bits per heavy atom. The number of amides is 1. The molecule has 2 N–H and O–H groups in total. The second kappa shape index (κ2) is 6.06. The van der Waals surface area contributed by atoms with E-state index in [4.69, 9.17) is 0 Å². The molecule has 19 heavy (non-hydrogen) atoms. The molecule has 1 heterocycles. The summed E-state index contributed by atoms with van der Waals surface area (Å²) in [5.74, 6) is 0.0569. The number of β-amino-alcohol motifs (C(OH)–C–C–N with tert-alkyl or cyclic N) is 1. The highest BCUT2D eigenvalue weighted by molar-refractivity contribution is 5.81. The van der Waals surface area contributed by atoms with E-state index in [0.29, 0.717) is 13.1 Å². The monoisotopic (exact) mass is 262 g/mol. The minimum absolute atomic E-state index is 0.0569. The van der Waals surface area contributed by atoms with Gasteiger partial charge in [0.1, 0.15) is 0 Å². The van der Waals surface area contributed by atoms with Gasteiger partial charge in [0.2, 0.25) is 5.91 Å². The Kier molecular flexibility index (Phi) is 4.43. The first-order chi connectivity index (χ1) is 9.08. The fourth-order valence-corrected chi connectivity index (χ4v) is 2.55. The highest BCUT2D eigenvalue weighted by atomic mass is 16.3. The first kappa shape index (κ1) is 13.9. The zero-order valence-electron chi connectivity index (χ0n) is 11.6. The van der Waals surface area contributed by atoms with Crippen molar-refractivity contribution >= 4 is 11.6 Å². The highest BCUT2D eigenvalue weighted by Crippen LogP contribution is 2.19. The zero-order valence-corrected chi connectivity index (χ0v) is 11.6. The summed E-state index contributed by atoms with van der Waals surface area (Å²) in [7, 11) is 0. The Balaban J connectivity index is 1.93. The van der Waals surface area contributed by atoms with E-state index in [1.165, 1.54) is 0 Å². The molecule has 1 aliphatic heterocycles. The van der Waals surface area contributed by atoms with Gasteiger partial charge in [0, 0.05) is 18.8 Å². The summed E-state index contributed by atoms with van der Waals surface area (Å²) >= 11 is 0. The van der Waals surface area contributed by atoms with Gasteiger partial charge in [0.25, 0.3) is 0 Å². The van der Waals surface area contributed by atoms with Crippen LogP contribution >= 0.6 is 0 Å². The third kappa shape index (κ3) is 3.47. The second-order valence-electron chi connectivity index (χ2n) is 5.26. The molecule has 0 aliphatic carbocycles. The van der Waals surface area contributed by atoms with Gasteiger partial charge in [-0.2, -0.15) is 0 Å². The van der Waals surface area contributed by atoms with Gasteiger partial charge in [-0.05, 0) is 37.8 Å². The lowest BCUT2D eigenvalue weighted by atomic mass is 10.1. The van der Waals surface area contributed by atoms with Crippen molar-refractivity contribution in [3.05, 3.63) is 29.3 Å². The number of hydrogen-bond acceptors (Lipinski definition) is 3. The van der Waals surface area contributed by atoms with Gasteiger partial charge in [-0.3, -0.25) is 4.79 Å². The van der Waals surface area contributed by atoms with Gasteiger partial charge in [0.05, 0.1) is 12.6 Å². The molecular formula is C15H22N2O2. The van der Waals surface area contributed by atoms with Gasteiger partial charge in [0.15, 0.2) is 0 Å². The van der Waals surface area contributed by atoms with E-state index < -0.39 is 0 Å². The SMILES string of the molecule is Cc1cccc(C)c1NCC(=O)N1CCCC(O)C1. The van der Waals surface area contributed by atoms with Gasteiger partial charge in [-0.25, -0.2) is 0 Å². The fourth-order valence-electron chi connectivity index (χ4n) is 2.55. The van der Waals surface area contributed by atoms with Crippen LogP contribution in [0.1, 0.15) is 24.0 Å². The minimum atomic E-state index is -0.363. The Hall–Kier alpha value is -1.55. The maximum absolute atomic E-state index is 12.1. The first-order valence-electron chi connectivity index (χ1n) is 6.84. The molecule has 1 amide bonds. The van der Waals surface area contributed by atoms with E-state index in [9.17, 15) is 9.90 Å². The number of likely N-dealkylation sites (tertiary alicyclic amines) is 1. The van der Waals surface area contributed by atoms with Crippen LogP contribution in [0.3, 0.4) is 0 Å². The van der Waals surface area contributed by atoms with Crippen LogP contribution in [0.15, 0.2) is 18.2 Å². The Bertz CT molecular complexity index is 439. The first-order valence-corrected chi connectivity index (χ1v) is 6.84. The number of aryl methyl sites for hydroxylation is 2. The third-order valence-electron chi connectivity index (χ3n) is 3.65. The van der Waals surface area contributed by atoms with Gasteiger partial charge in [-0.1, -0.05) is 18.2 Å².